The average Bonchev–Trinajstić information content (AvgIpc) is 2.94. The topological polar surface area (TPSA) is 121 Å². The highest BCUT2D eigenvalue weighted by Crippen LogP contribution is 2.37. The predicted octanol–water partition coefficient (Wildman–Crippen LogP) is 5.03. The molecule has 0 spiro atoms. The van der Waals surface area contributed by atoms with E-state index in [0.717, 1.165) is 60.8 Å². The molecule has 0 saturated carbocycles. The highest BCUT2D eigenvalue weighted by atomic mass is 32.2. The number of anilines is 1. The summed E-state index contributed by atoms with van der Waals surface area (Å²) in [7, 11) is -9.73. The summed E-state index contributed by atoms with van der Waals surface area (Å²) < 4.78 is 74.1. The molecular weight excluding hydrogens is 560 g/mol. The standard InChI is InChI=1S/C31H34N2O6S2/c1-5-32(6-2)25-13-9-22(10-14-25)31(23-11-15-26(16-12-23)33(7-3)8-4)30-21-28(41(37,38)39)20-24-19-27(40(34,35)36)17-18-29(24)30/h9-21H,5-8H2,1-4H3,(H-,34,35,36,37,38,39). The van der Waals surface area contributed by atoms with Crippen molar-refractivity contribution in [3.63, 3.8) is 0 Å². The van der Waals surface area contributed by atoms with E-state index in [9.17, 15) is 25.9 Å². The molecule has 8 nitrogen and oxygen atoms in total. The summed E-state index contributed by atoms with van der Waals surface area (Å²) in [4.78, 5) is 1.18. The Bertz CT molecular complexity index is 1790. The summed E-state index contributed by atoms with van der Waals surface area (Å²) in [6.45, 7) is 11.6. The van der Waals surface area contributed by atoms with Crippen molar-refractivity contribution < 1.29 is 31.9 Å². The quantitative estimate of drug-likeness (QED) is 0.252. The minimum atomic E-state index is -4.92. The lowest BCUT2D eigenvalue weighted by Gasteiger charge is -2.22. The van der Waals surface area contributed by atoms with Crippen molar-refractivity contribution in [3.8, 4) is 0 Å². The van der Waals surface area contributed by atoms with Gasteiger partial charge in [0.1, 0.15) is 33.3 Å². The van der Waals surface area contributed by atoms with Gasteiger partial charge in [0, 0.05) is 30.9 Å². The summed E-state index contributed by atoms with van der Waals surface area (Å²) >= 11 is 0. The summed E-state index contributed by atoms with van der Waals surface area (Å²) in [6.07, 6.45) is 7.88. The summed E-state index contributed by atoms with van der Waals surface area (Å²) in [5, 5.41) is 0.659. The lowest BCUT2D eigenvalue weighted by Crippen LogP contribution is -2.21. The third-order valence-corrected chi connectivity index (χ3v) is 8.96. The Hall–Kier alpha value is -3.57. The van der Waals surface area contributed by atoms with Gasteiger partial charge in [0.15, 0.2) is 5.71 Å². The number of hydrogen-bond donors (Lipinski definition) is 0. The fourth-order valence-corrected chi connectivity index (χ4v) is 6.20. The van der Waals surface area contributed by atoms with E-state index in [1.807, 2.05) is 48.6 Å². The van der Waals surface area contributed by atoms with E-state index >= 15 is 0 Å². The SMILES string of the molecule is CCN(CC)c1ccc(C(=C2C=CC(=[N+](CC)CC)C=C2)c2cc(S(=O)(=O)[O-])cc3cc(S(=O)(=O)[O-])ccc23)cc1.[H+]. The maximum atomic E-state index is 12.2. The molecule has 0 bridgehead atoms. The van der Waals surface area contributed by atoms with Gasteiger partial charge in [0.2, 0.25) is 0 Å². The lowest BCUT2D eigenvalue weighted by molar-refractivity contribution is -0.519. The molecular formula is C31H34N2O6S2. The van der Waals surface area contributed by atoms with Crippen LogP contribution in [0.4, 0.5) is 5.69 Å². The Morgan fingerprint density at radius 3 is 1.83 bits per heavy atom. The van der Waals surface area contributed by atoms with Crippen molar-refractivity contribution in [2.24, 2.45) is 0 Å². The Morgan fingerprint density at radius 1 is 0.756 bits per heavy atom. The molecule has 0 amide bonds. The van der Waals surface area contributed by atoms with Crippen molar-refractivity contribution in [3.05, 3.63) is 95.6 Å². The number of hydrogen-bond acceptors (Lipinski definition) is 7. The van der Waals surface area contributed by atoms with Gasteiger partial charge in [-0.05, 0) is 109 Å². The van der Waals surface area contributed by atoms with Crippen LogP contribution in [0, 0.1) is 0 Å². The molecule has 0 heterocycles. The van der Waals surface area contributed by atoms with Crippen LogP contribution in [-0.2, 0) is 20.2 Å². The van der Waals surface area contributed by atoms with Crippen LogP contribution in [0.25, 0.3) is 16.3 Å². The van der Waals surface area contributed by atoms with Crippen molar-refractivity contribution in [1.82, 2.24) is 0 Å². The molecule has 1 aliphatic rings. The van der Waals surface area contributed by atoms with E-state index in [-0.39, 0.29) is 6.81 Å². The fraction of sp³-hybridized carbons (Fsp3) is 0.258. The predicted molar refractivity (Wildman–Crippen MR) is 162 cm³/mol. The molecule has 0 fully saturated rings. The maximum absolute atomic E-state index is 12.2. The van der Waals surface area contributed by atoms with E-state index in [1.54, 1.807) is 0 Å². The zero-order valence-corrected chi connectivity index (χ0v) is 25.1. The first-order chi connectivity index (χ1) is 19.4. The summed E-state index contributed by atoms with van der Waals surface area (Å²) in [6, 6.07) is 14.1. The first-order valence-corrected chi connectivity index (χ1v) is 16.3. The van der Waals surface area contributed by atoms with Crippen LogP contribution in [-0.4, -0.2) is 62.4 Å². The Labute approximate surface area is 243 Å². The smallest absolute Gasteiger partial charge is 0.744 e. The maximum Gasteiger partial charge on any atom is 1.00 e. The van der Waals surface area contributed by atoms with Gasteiger partial charge in [0.05, 0.1) is 9.79 Å². The van der Waals surface area contributed by atoms with E-state index in [2.05, 4.69) is 37.2 Å². The zero-order valence-electron chi connectivity index (χ0n) is 24.5. The molecule has 4 rings (SSSR count). The highest BCUT2D eigenvalue weighted by molar-refractivity contribution is 7.86. The second-order valence-corrected chi connectivity index (χ2v) is 12.3. The second kappa shape index (κ2) is 12.1. The molecule has 10 heteroatoms. The van der Waals surface area contributed by atoms with Crippen LogP contribution >= 0.6 is 0 Å². The number of allylic oxidation sites excluding steroid dienone is 5. The number of benzene rings is 3. The minimum Gasteiger partial charge on any atom is -0.744 e. The molecule has 3 aromatic carbocycles. The summed E-state index contributed by atoms with van der Waals surface area (Å²) in [5.74, 6) is 0. The van der Waals surface area contributed by atoms with Crippen molar-refractivity contribution >= 4 is 48.0 Å². The van der Waals surface area contributed by atoms with E-state index in [4.69, 9.17) is 0 Å². The third-order valence-electron chi connectivity index (χ3n) is 7.31. The van der Waals surface area contributed by atoms with Crippen molar-refractivity contribution in [2.75, 3.05) is 31.1 Å². The van der Waals surface area contributed by atoms with Gasteiger partial charge in [-0.25, -0.2) is 21.4 Å². The molecule has 0 radical (unpaired) electrons. The Morgan fingerprint density at radius 2 is 1.32 bits per heavy atom. The molecule has 0 atom stereocenters. The Kier molecular flexibility index (Phi) is 8.98. The number of nitrogens with zero attached hydrogens (tertiary/aromatic N) is 2. The average molecular weight is 595 g/mol. The molecule has 1 aliphatic carbocycles. The van der Waals surface area contributed by atoms with Crippen LogP contribution in [0.15, 0.2) is 94.3 Å². The van der Waals surface area contributed by atoms with Crippen molar-refractivity contribution in [1.29, 1.82) is 0 Å². The molecule has 0 unspecified atom stereocenters. The van der Waals surface area contributed by atoms with Crippen LogP contribution in [0.1, 0.15) is 40.2 Å². The normalized spacial score (nSPS) is 13.6. The van der Waals surface area contributed by atoms with Gasteiger partial charge in [-0.1, -0.05) is 18.2 Å². The van der Waals surface area contributed by atoms with Gasteiger partial charge in [-0.2, -0.15) is 0 Å². The molecule has 3 aromatic rings. The molecule has 0 N–H and O–H groups in total. The first-order valence-electron chi connectivity index (χ1n) is 13.5. The molecule has 216 valence electrons. The monoisotopic (exact) mass is 594 g/mol. The van der Waals surface area contributed by atoms with Gasteiger partial charge < -0.3 is 14.0 Å². The zero-order chi connectivity index (χ0) is 29.9. The Balaban J connectivity index is 0.00000484. The minimum absolute atomic E-state index is 0. The number of rotatable bonds is 9. The largest absolute Gasteiger partial charge is 1.00 e. The molecule has 41 heavy (non-hydrogen) atoms. The summed E-state index contributed by atoms with van der Waals surface area (Å²) in [5.41, 5.74) is 4.70. The van der Waals surface area contributed by atoms with Crippen LogP contribution in [0.5, 0.6) is 0 Å². The van der Waals surface area contributed by atoms with E-state index in [0.29, 0.717) is 16.5 Å². The van der Waals surface area contributed by atoms with Crippen LogP contribution in [0.3, 0.4) is 0 Å². The first kappa shape index (κ1) is 30.4. The van der Waals surface area contributed by atoms with Gasteiger partial charge in [-0.15, -0.1) is 0 Å². The highest BCUT2D eigenvalue weighted by Gasteiger charge is 2.19. The third kappa shape index (κ3) is 6.51. The number of fused-ring (bicyclic) bond motifs is 1. The van der Waals surface area contributed by atoms with E-state index in [1.165, 1.54) is 18.2 Å². The molecule has 0 saturated heterocycles. The molecule has 0 aliphatic heterocycles. The second-order valence-electron chi connectivity index (χ2n) is 9.58. The van der Waals surface area contributed by atoms with E-state index < -0.39 is 30.0 Å². The molecule has 0 aromatic heterocycles. The fourth-order valence-electron chi connectivity index (χ4n) is 5.16. The van der Waals surface area contributed by atoms with Gasteiger partial charge in [-0.3, -0.25) is 0 Å². The van der Waals surface area contributed by atoms with Crippen LogP contribution in [0.2, 0.25) is 0 Å². The lowest BCUT2D eigenvalue weighted by atomic mass is 9.88. The van der Waals surface area contributed by atoms with Crippen molar-refractivity contribution in [2.45, 2.75) is 37.5 Å². The van der Waals surface area contributed by atoms with Gasteiger partial charge in [0.25, 0.3) is 0 Å². The van der Waals surface area contributed by atoms with Crippen LogP contribution < -0.4 is 4.90 Å². The van der Waals surface area contributed by atoms with Gasteiger partial charge >= 0.3 is 1.43 Å².